The zero-order chi connectivity index (χ0) is 14.6. The van der Waals surface area contributed by atoms with Crippen molar-refractivity contribution in [1.82, 2.24) is 5.32 Å². The average molecular weight is 330 g/mol. The van der Waals surface area contributed by atoms with E-state index in [-0.39, 0.29) is 17.3 Å². The molecule has 2 unspecified atom stereocenters. The fourth-order valence-electron chi connectivity index (χ4n) is 2.06. The molecule has 0 fully saturated rings. The quantitative estimate of drug-likeness (QED) is 0.771. The van der Waals surface area contributed by atoms with Crippen LogP contribution in [0.5, 0.6) is 0 Å². The van der Waals surface area contributed by atoms with Gasteiger partial charge in [-0.2, -0.15) is 0 Å². The fourth-order valence-corrected chi connectivity index (χ4v) is 2.44. The van der Waals surface area contributed by atoms with Crippen molar-refractivity contribution < 1.29 is 4.39 Å². The Balaban J connectivity index is 2.97. The zero-order valence-electron chi connectivity index (χ0n) is 12.6. The first-order valence-corrected chi connectivity index (χ1v) is 7.74. The van der Waals surface area contributed by atoms with Gasteiger partial charge in [0.25, 0.3) is 0 Å². The molecule has 2 atom stereocenters. The first-order valence-electron chi connectivity index (χ1n) is 6.94. The number of hydrogen-bond acceptors (Lipinski definition) is 1. The van der Waals surface area contributed by atoms with Gasteiger partial charge >= 0.3 is 0 Å². The molecule has 0 amide bonds. The second kappa shape index (κ2) is 6.85. The highest BCUT2D eigenvalue weighted by Crippen LogP contribution is 2.35. The first kappa shape index (κ1) is 16.6. The lowest BCUT2D eigenvalue weighted by molar-refractivity contribution is 0.222. The van der Waals surface area contributed by atoms with Gasteiger partial charge in [0.2, 0.25) is 0 Å². The summed E-state index contributed by atoms with van der Waals surface area (Å²) in [7, 11) is 0. The largest absolute Gasteiger partial charge is 0.310 e. The predicted molar refractivity (Wildman–Crippen MR) is 83.8 cm³/mol. The lowest BCUT2D eigenvalue weighted by Crippen LogP contribution is -2.28. The molecule has 0 radical (unpaired) electrons. The SMILES string of the molecule is CCNC(CC(C)C(C)(C)C)c1cccc(Br)c1F. The van der Waals surface area contributed by atoms with Crippen LogP contribution in [-0.2, 0) is 0 Å². The molecule has 0 aliphatic carbocycles. The first-order chi connectivity index (χ1) is 8.77. The Kier molecular flexibility index (Phi) is 6.00. The Morgan fingerprint density at radius 2 is 1.95 bits per heavy atom. The van der Waals surface area contributed by atoms with E-state index in [1.165, 1.54) is 0 Å². The summed E-state index contributed by atoms with van der Waals surface area (Å²) < 4.78 is 14.8. The molecule has 1 aromatic rings. The number of rotatable bonds is 5. The van der Waals surface area contributed by atoms with Crippen LogP contribution in [0, 0.1) is 17.2 Å². The summed E-state index contributed by atoms with van der Waals surface area (Å²) in [5.41, 5.74) is 0.989. The predicted octanol–water partition coefficient (Wildman–Crippen LogP) is 5.31. The monoisotopic (exact) mass is 329 g/mol. The van der Waals surface area contributed by atoms with Gasteiger partial charge in [-0.1, -0.05) is 46.8 Å². The van der Waals surface area contributed by atoms with E-state index in [4.69, 9.17) is 0 Å². The number of nitrogens with one attached hydrogen (secondary N) is 1. The molecule has 0 aromatic heterocycles. The molecule has 108 valence electrons. The highest BCUT2D eigenvalue weighted by molar-refractivity contribution is 9.10. The standard InChI is InChI=1S/C16H25BrFN/c1-6-19-14(10-11(2)16(3,4)5)12-8-7-9-13(17)15(12)18/h7-9,11,14,19H,6,10H2,1-5H3. The molecular formula is C16H25BrFN. The van der Waals surface area contributed by atoms with Crippen LogP contribution in [0.2, 0.25) is 0 Å². The summed E-state index contributed by atoms with van der Waals surface area (Å²) in [6.45, 7) is 11.8. The van der Waals surface area contributed by atoms with Gasteiger partial charge in [0.15, 0.2) is 0 Å². The Morgan fingerprint density at radius 1 is 1.32 bits per heavy atom. The van der Waals surface area contributed by atoms with Crippen LogP contribution >= 0.6 is 15.9 Å². The van der Waals surface area contributed by atoms with Gasteiger partial charge in [0.05, 0.1) is 4.47 Å². The van der Waals surface area contributed by atoms with Crippen LogP contribution < -0.4 is 5.32 Å². The molecule has 1 rings (SSSR count). The Hall–Kier alpha value is -0.410. The topological polar surface area (TPSA) is 12.0 Å². The lowest BCUT2D eigenvalue weighted by Gasteiger charge is -2.31. The number of hydrogen-bond donors (Lipinski definition) is 1. The normalized spacial score (nSPS) is 15.3. The molecule has 0 saturated carbocycles. The van der Waals surface area contributed by atoms with E-state index in [0.29, 0.717) is 10.4 Å². The minimum absolute atomic E-state index is 0.0664. The average Bonchev–Trinajstić information content (AvgIpc) is 2.31. The minimum atomic E-state index is -0.144. The van der Waals surface area contributed by atoms with Crippen molar-refractivity contribution in [2.45, 2.75) is 47.1 Å². The van der Waals surface area contributed by atoms with Gasteiger partial charge in [-0.05, 0) is 46.3 Å². The molecule has 3 heteroatoms. The van der Waals surface area contributed by atoms with Crippen molar-refractivity contribution in [1.29, 1.82) is 0 Å². The summed E-state index contributed by atoms with van der Waals surface area (Å²) in [5.74, 6) is 0.365. The van der Waals surface area contributed by atoms with E-state index in [1.807, 2.05) is 12.1 Å². The molecule has 1 nitrogen and oxygen atoms in total. The zero-order valence-corrected chi connectivity index (χ0v) is 14.1. The molecule has 1 aromatic carbocycles. The maximum Gasteiger partial charge on any atom is 0.142 e. The van der Waals surface area contributed by atoms with Crippen LogP contribution in [0.15, 0.2) is 22.7 Å². The van der Waals surface area contributed by atoms with Crippen molar-refractivity contribution >= 4 is 15.9 Å². The minimum Gasteiger partial charge on any atom is -0.310 e. The summed E-state index contributed by atoms with van der Waals surface area (Å²) in [6.07, 6.45) is 0.935. The molecule has 19 heavy (non-hydrogen) atoms. The Morgan fingerprint density at radius 3 is 2.47 bits per heavy atom. The number of halogens is 2. The molecule has 1 N–H and O–H groups in total. The van der Waals surface area contributed by atoms with Gasteiger partial charge in [-0.15, -0.1) is 0 Å². The molecule has 0 aliphatic rings. The van der Waals surface area contributed by atoms with Crippen molar-refractivity contribution in [3.63, 3.8) is 0 Å². The van der Waals surface area contributed by atoms with Crippen molar-refractivity contribution in [3.8, 4) is 0 Å². The maximum absolute atomic E-state index is 14.2. The number of benzene rings is 1. The second-order valence-electron chi connectivity index (χ2n) is 6.26. The molecular weight excluding hydrogens is 305 g/mol. The van der Waals surface area contributed by atoms with Gasteiger partial charge in [-0.3, -0.25) is 0 Å². The molecule has 0 bridgehead atoms. The van der Waals surface area contributed by atoms with Crippen molar-refractivity contribution in [2.75, 3.05) is 6.54 Å². The highest BCUT2D eigenvalue weighted by Gasteiger charge is 2.25. The maximum atomic E-state index is 14.2. The Labute approximate surface area is 125 Å². The third kappa shape index (κ3) is 4.57. The van der Waals surface area contributed by atoms with Crippen molar-refractivity contribution in [2.24, 2.45) is 11.3 Å². The Bertz CT molecular complexity index is 412. The smallest absolute Gasteiger partial charge is 0.142 e. The van der Waals surface area contributed by atoms with Gasteiger partial charge in [0, 0.05) is 11.6 Å². The van der Waals surface area contributed by atoms with Gasteiger partial charge < -0.3 is 5.32 Å². The van der Waals surface area contributed by atoms with Crippen LogP contribution in [0.1, 0.15) is 52.6 Å². The highest BCUT2D eigenvalue weighted by atomic mass is 79.9. The van der Waals surface area contributed by atoms with Crippen LogP contribution in [-0.4, -0.2) is 6.54 Å². The fraction of sp³-hybridized carbons (Fsp3) is 0.625. The second-order valence-corrected chi connectivity index (χ2v) is 7.11. The van der Waals surface area contributed by atoms with E-state index >= 15 is 0 Å². The van der Waals surface area contributed by atoms with E-state index < -0.39 is 0 Å². The summed E-state index contributed by atoms with van der Waals surface area (Å²) >= 11 is 3.27. The lowest BCUT2D eigenvalue weighted by atomic mass is 9.77. The molecule has 0 saturated heterocycles. The van der Waals surface area contributed by atoms with Gasteiger partial charge in [-0.25, -0.2) is 4.39 Å². The van der Waals surface area contributed by atoms with Crippen LogP contribution in [0.25, 0.3) is 0 Å². The van der Waals surface area contributed by atoms with E-state index in [2.05, 4.69) is 55.9 Å². The van der Waals surface area contributed by atoms with E-state index in [9.17, 15) is 4.39 Å². The summed E-state index contributed by atoms with van der Waals surface area (Å²) in [4.78, 5) is 0. The van der Waals surface area contributed by atoms with Crippen molar-refractivity contribution in [3.05, 3.63) is 34.1 Å². The molecule has 0 heterocycles. The summed E-state index contributed by atoms with van der Waals surface area (Å²) in [6, 6.07) is 5.59. The van der Waals surface area contributed by atoms with E-state index in [1.54, 1.807) is 6.07 Å². The van der Waals surface area contributed by atoms with Crippen LogP contribution in [0.3, 0.4) is 0 Å². The summed E-state index contributed by atoms with van der Waals surface area (Å²) in [5, 5.41) is 3.41. The van der Waals surface area contributed by atoms with Gasteiger partial charge in [0.1, 0.15) is 5.82 Å². The third-order valence-electron chi connectivity index (χ3n) is 3.88. The third-order valence-corrected chi connectivity index (χ3v) is 4.49. The van der Waals surface area contributed by atoms with Crippen LogP contribution in [0.4, 0.5) is 4.39 Å². The van der Waals surface area contributed by atoms with E-state index in [0.717, 1.165) is 18.5 Å². The molecule has 0 aliphatic heterocycles. The molecule has 0 spiro atoms.